The highest BCUT2D eigenvalue weighted by atomic mass is 32.2. The second-order valence-electron chi connectivity index (χ2n) is 5.51. The number of hydrogen-bond donors (Lipinski definition) is 2. The molecule has 0 bridgehead atoms. The molecule has 3 N–H and O–H groups in total. The summed E-state index contributed by atoms with van der Waals surface area (Å²) in [5.74, 6) is -2.28. The normalized spacial score (nSPS) is 12.3. The van der Waals surface area contributed by atoms with Crippen LogP contribution in [-0.4, -0.2) is 26.4 Å². The molecule has 0 heterocycles. The number of ether oxygens (including phenoxy) is 1. The number of halogens is 1. The van der Waals surface area contributed by atoms with Gasteiger partial charge >= 0.3 is 5.97 Å². The van der Waals surface area contributed by atoms with E-state index in [4.69, 9.17) is 10.5 Å². The Morgan fingerprint density at radius 1 is 1.19 bits per heavy atom. The minimum atomic E-state index is -4.07. The van der Waals surface area contributed by atoms with Crippen molar-refractivity contribution >= 4 is 27.6 Å². The summed E-state index contributed by atoms with van der Waals surface area (Å²) in [6.07, 6.45) is -1.17. The zero-order valence-electron chi connectivity index (χ0n) is 14.0. The predicted octanol–water partition coefficient (Wildman–Crippen LogP) is 1.97. The average Bonchev–Trinajstić information content (AvgIpc) is 2.57. The van der Waals surface area contributed by atoms with E-state index in [1.54, 1.807) is 0 Å². The minimum absolute atomic E-state index is 0.0452. The summed E-state index contributed by atoms with van der Waals surface area (Å²) in [6, 6.07) is 9.05. The van der Waals surface area contributed by atoms with E-state index in [9.17, 15) is 22.4 Å². The Labute approximate surface area is 150 Å². The van der Waals surface area contributed by atoms with E-state index >= 15 is 0 Å². The van der Waals surface area contributed by atoms with Crippen LogP contribution in [0.4, 0.5) is 10.1 Å². The lowest BCUT2D eigenvalue weighted by molar-refractivity contribution is -0.125. The van der Waals surface area contributed by atoms with Crippen LogP contribution < -0.4 is 10.5 Å². The number of esters is 1. The van der Waals surface area contributed by atoms with Gasteiger partial charge in [0.1, 0.15) is 5.82 Å². The first-order chi connectivity index (χ1) is 12.1. The quantitative estimate of drug-likeness (QED) is 0.744. The Morgan fingerprint density at radius 2 is 1.85 bits per heavy atom. The molecule has 7 nitrogen and oxygen atoms in total. The molecule has 0 aliphatic rings. The van der Waals surface area contributed by atoms with Crippen molar-refractivity contribution in [2.45, 2.75) is 24.8 Å². The second-order valence-corrected chi connectivity index (χ2v) is 7.19. The summed E-state index contributed by atoms with van der Waals surface area (Å²) in [5, 5.41) is 0. The summed E-state index contributed by atoms with van der Waals surface area (Å²) in [4.78, 5) is 23.1. The van der Waals surface area contributed by atoms with Gasteiger partial charge in [-0.2, -0.15) is 0 Å². The standard InChI is InChI=1S/C17H17FN2O5S/c1-10-9-12(7-8-14(10)18)26(23,24)20-15-6-4-3-5-13(15)17(22)25-11(2)16(19)21/h3-9,11,20H,1-2H3,(H2,19,21)/t11-/m1/s1. The molecule has 0 radical (unpaired) electrons. The van der Waals surface area contributed by atoms with Crippen molar-refractivity contribution in [2.24, 2.45) is 5.73 Å². The molecule has 2 aromatic rings. The molecule has 0 saturated carbocycles. The SMILES string of the molecule is Cc1cc(S(=O)(=O)Nc2ccccc2C(=O)O[C@H](C)C(N)=O)ccc1F. The van der Waals surface area contributed by atoms with Gasteiger partial charge in [-0.05, 0) is 49.7 Å². The summed E-state index contributed by atoms with van der Waals surface area (Å²) < 4.78 is 45.5. The number of primary amides is 1. The molecule has 138 valence electrons. The molecule has 0 unspecified atom stereocenters. The van der Waals surface area contributed by atoms with Gasteiger partial charge in [-0.1, -0.05) is 12.1 Å². The number of nitrogens with one attached hydrogen (secondary N) is 1. The Balaban J connectivity index is 2.33. The maximum Gasteiger partial charge on any atom is 0.341 e. The van der Waals surface area contributed by atoms with E-state index in [1.807, 2.05) is 0 Å². The lowest BCUT2D eigenvalue weighted by Crippen LogP contribution is -2.30. The van der Waals surface area contributed by atoms with Gasteiger partial charge in [-0.15, -0.1) is 0 Å². The highest BCUT2D eigenvalue weighted by Gasteiger charge is 2.22. The first-order valence-electron chi connectivity index (χ1n) is 7.50. The van der Waals surface area contributed by atoms with Gasteiger partial charge in [0.05, 0.1) is 16.1 Å². The van der Waals surface area contributed by atoms with E-state index in [1.165, 1.54) is 44.2 Å². The Hall–Kier alpha value is -2.94. The monoisotopic (exact) mass is 380 g/mol. The number of aryl methyl sites for hydroxylation is 1. The molecule has 0 fully saturated rings. The van der Waals surface area contributed by atoms with Crippen LogP contribution in [0.25, 0.3) is 0 Å². The fourth-order valence-corrected chi connectivity index (χ4v) is 3.18. The summed E-state index contributed by atoms with van der Waals surface area (Å²) in [6.45, 7) is 2.74. The van der Waals surface area contributed by atoms with Crippen molar-refractivity contribution in [3.63, 3.8) is 0 Å². The van der Waals surface area contributed by atoms with Gasteiger partial charge in [-0.3, -0.25) is 9.52 Å². The molecule has 0 aliphatic carbocycles. The van der Waals surface area contributed by atoms with Crippen LogP contribution in [0, 0.1) is 12.7 Å². The van der Waals surface area contributed by atoms with Crippen molar-refractivity contribution in [2.75, 3.05) is 4.72 Å². The first kappa shape index (κ1) is 19.4. The van der Waals surface area contributed by atoms with E-state index in [-0.39, 0.29) is 21.7 Å². The molecule has 0 aliphatic heterocycles. The van der Waals surface area contributed by atoms with E-state index in [0.717, 1.165) is 12.1 Å². The average molecular weight is 380 g/mol. The maximum absolute atomic E-state index is 13.4. The maximum atomic E-state index is 13.4. The predicted molar refractivity (Wildman–Crippen MR) is 92.5 cm³/mol. The topological polar surface area (TPSA) is 116 Å². The molecule has 2 aromatic carbocycles. The number of para-hydroxylation sites is 1. The van der Waals surface area contributed by atoms with Gasteiger partial charge in [0.2, 0.25) is 0 Å². The van der Waals surface area contributed by atoms with Crippen LogP contribution >= 0.6 is 0 Å². The number of hydrogen-bond acceptors (Lipinski definition) is 5. The Kier molecular flexibility index (Phi) is 5.61. The number of anilines is 1. The lowest BCUT2D eigenvalue weighted by Gasteiger charge is -2.14. The molecule has 9 heteroatoms. The van der Waals surface area contributed by atoms with Crippen molar-refractivity contribution in [1.82, 2.24) is 0 Å². The van der Waals surface area contributed by atoms with Gasteiger partial charge < -0.3 is 10.5 Å². The van der Waals surface area contributed by atoms with E-state index < -0.39 is 33.8 Å². The van der Waals surface area contributed by atoms with Crippen molar-refractivity contribution in [3.8, 4) is 0 Å². The molecule has 1 atom stereocenters. The zero-order chi connectivity index (χ0) is 19.5. The number of sulfonamides is 1. The van der Waals surface area contributed by atoms with Crippen LogP contribution in [0.3, 0.4) is 0 Å². The van der Waals surface area contributed by atoms with Gasteiger partial charge in [0.25, 0.3) is 15.9 Å². The highest BCUT2D eigenvalue weighted by Crippen LogP contribution is 2.22. The fraction of sp³-hybridized carbons (Fsp3) is 0.176. The third kappa shape index (κ3) is 4.37. The molecule has 0 aromatic heterocycles. The van der Waals surface area contributed by atoms with Gasteiger partial charge in [-0.25, -0.2) is 17.6 Å². The van der Waals surface area contributed by atoms with Crippen molar-refractivity contribution < 1.29 is 27.1 Å². The summed E-state index contributed by atoms with van der Waals surface area (Å²) >= 11 is 0. The van der Waals surface area contributed by atoms with Crippen LogP contribution in [0.15, 0.2) is 47.4 Å². The van der Waals surface area contributed by atoms with Gasteiger partial charge in [0.15, 0.2) is 6.10 Å². The van der Waals surface area contributed by atoms with Gasteiger partial charge in [0, 0.05) is 0 Å². The third-order valence-corrected chi connectivity index (χ3v) is 4.88. The lowest BCUT2D eigenvalue weighted by atomic mass is 10.2. The number of carbonyl (C=O) groups excluding carboxylic acids is 2. The first-order valence-corrected chi connectivity index (χ1v) is 8.98. The number of benzene rings is 2. The van der Waals surface area contributed by atoms with Crippen LogP contribution in [0.5, 0.6) is 0 Å². The third-order valence-electron chi connectivity index (χ3n) is 3.52. The Morgan fingerprint density at radius 3 is 2.46 bits per heavy atom. The Bertz CT molecular complexity index is 959. The summed E-state index contributed by atoms with van der Waals surface area (Å²) in [7, 11) is -4.07. The zero-order valence-corrected chi connectivity index (χ0v) is 14.8. The molecule has 2 rings (SSSR count). The smallest absolute Gasteiger partial charge is 0.341 e. The molecular formula is C17H17FN2O5S. The van der Waals surface area contributed by atoms with Crippen molar-refractivity contribution in [1.29, 1.82) is 0 Å². The molecule has 0 saturated heterocycles. The molecule has 0 spiro atoms. The molecule has 1 amide bonds. The number of nitrogens with two attached hydrogens (primary N) is 1. The number of carbonyl (C=O) groups is 2. The minimum Gasteiger partial charge on any atom is -0.449 e. The highest BCUT2D eigenvalue weighted by molar-refractivity contribution is 7.92. The number of amides is 1. The van der Waals surface area contributed by atoms with Crippen LogP contribution in [0.1, 0.15) is 22.8 Å². The molecule has 26 heavy (non-hydrogen) atoms. The second kappa shape index (κ2) is 7.52. The van der Waals surface area contributed by atoms with E-state index in [2.05, 4.69) is 4.72 Å². The summed E-state index contributed by atoms with van der Waals surface area (Å²) in [5.41, 5.74) is 5.07. The fourth-order valence-electron chi connectivity index (χ4n) is 2.02. The van der Waals surface area contributed by atoms with Crippen LogP contribution in [-0.2, 0) is 19.6 Å². The number of rotatable bonds is 6. The van der Waals surface area contributed by atoms with Crippen molar-refractivity contribution in [3.05, 3.63) is 59.4 Å². The van der Waals surface area contributed by atoms with Crippen LogP contribution in [0.2, 0.25) is 0 Å². The molecular weight excluding hydrogens is 363 g/mol. The largest absolute Gasteiger partial charge is 0.449 e. The van der Waals surface area contributed by atoms with E-state index in [0.29, 0.717) is 0 Å².